The SMILES string of the molecule is CC(C)CC(C)Oc1cc(C(F)(F)F)ncc1N. The van der Waals surface area contributed by atoms with E-state index < -0.39 is 11.9 Å². The first-order chi connectivity index (χ1) is 8.20. The number of pyridine rings is 1. The Labute approximate surface area is 104 Å². The lowest BCUT2D eigenvalue weighted by Crippen LogP contribution is -2.16. The van der Waals surface area contributed by atoms with Gasteiger partial charge in [-0.3, -0.25) is 0 Å². The van der Waals surface area contributed by atoms with Gasteiger partial charge in [0, 0.05) is 6.07 Å². The third-order valence-electron chi connectivity index (χ3n) is 2.32. The molecule has 0 bridgehead atoms. The van der Waals surface area contributed by atoms with Crippen LogP contribution in [0.2, 0.25) is 0 Å². The summed E-state index contributed by atoms with van der Waals surface area (Å²) in [7, 11) is 0. The molecule has 0 fully saturated rings. The van der Waals surface area contributed by atoms with Crippen LogP contribution in [0.1, 0.15) is 32.9 Å². The first-order valence-corrected chi connectivity index (χ1v) is 5.69. The first kappa shape index (κ1) is 14.6. The molecule has 0 saturated heterocycles. The van der Waals surface area contributed by atoms with E-state index in [0.717, 1.165) is 18.7 Å². The molecule has 1 heterocycles. The van der Waals surface area contributed by atoms with Crippen molar-refractivity contribution in [3.63, 3.8) is 0 Å². The Morgan fingerprint density at radius 1 is 1.33 bits per heavy atom. The quantitative estimate of drug-likeness (QED) is 0.903. The van der Waals surface area contributed by atoms with Crippen molar-refractivity contribution in [2.75, 3.05) is 5.73 Å². The number of nitrogens with two attached hydrogens (primary N) is 1. The second-order valence-electron chi connectivity index (χ2n) is 4.66. The van der Waals surface area contributed by atoms with Crippen LogP contribution in [0.5, 0.6) is 5.75 Å². The molecule has 102 valence electrons. The third-order valence-corrected chi connectivity index (χ3v) is 2.32. The van der Waals surface area contributed by atoms with Gasteiger partial charge >= 0.3 is 6.18 Å². The van der Waals surface area contributed by atoms with Crippen LogP contribution in [0, 0.1) is 5.92 Å². The number of hydrogen-bond donors (Lipinski definition) is 1. The highest BCUT2D eigenvalue weighted by molar-refractivity contribution is 5.51. The maximum Gasteiger partial charge on any atom is 0.433 e. The third kappa shape index (κ3) is 4.09. The van der Waals surface area contributed by atoms with Crippen molar-refractivity contribution in [1.29, 1.82) is 0 Å². The summed E-state index contributed by atoms with van der Waals surface area (Å²) in [5.41, 5.74) is 4.67. The zero-order valence-electron chi connectivity index (χ0n) is 10.6. The number of anilines is 1. The van der Waals surface area contributed by atoms with E-state index in [-0.39, 0.29) is 17.5 Å². The van der Waals surface area contributed by atoms with Gasteiger partial charge in [0.2, 0.25) is 0 Å². The number of rotatable bonds is 4. The minimum Gasteiger partial charge on any atom is -0.488 e. The average Bonchev–Trinajstić information content (AvgIpc) is 2.18. The fraction of sp³-hybridized carbons (Fsp3) is 0.583. The summed E-state index contributed by atoms with van der Waals surface area (Å²) in [6.45, 7) is 5.82. The van der Waals surface area contributed by atoms with Crippen LogP contribution in [0.4, 0.5) is 18.9 Å². The van der Waals surface area contributed by atoms with Gasteiger partial charge in [0.25, 0.3) is 0 Å². The lowest BCUT2D eigenvalue weighted by molar-refractivity contribution is -0.141. The monoisotopic (exact) mass is 262 g/mol. The number of hydrogen-bond acceptors (Lipinski definition) is 3. The first-order valence-electron chi connectivity index (χ1n) is 5.69. The van der Waals surface area contributed by atoms with E-state index in [1.165, 1.54) is 0 Å². The van der Waals surface area contributed by atoms with Crippen LogP contribution in [-0.4, -0.2) is 11.1 Å². The van der Waals surface area contributed by atoms with E-state index in [4.69, 9.17) is 10.5 Å². The molecule has 1 aromatic heterocycles. The molecule has 18 heavy (non-hydrogen) atoms. The maximum absolute atomic E-state index is 12.5. The summed E-state index contributed by atoms with van der Waals surface area (Å²) in [5.74, 6) is 0.427. The molecule has 1 atom stereocenters. The Hall–Kier alpha value is -1.46. The van der Waals surface area contributed by atoms with E-state index in [1.54, 1.807) is 6.92 Å². The molecule has 0 radical (unpaired) electrons. The van der Waals surface area contributed by atoms with Crippen LogP contribution < -0.4 is 10.5 Å². The summed E-state index contributed by atoms with van der Waals surface area (Å²) in [4.78, 5) is 3.25. The Balaban J connectivity index is 2.88. The van der Waals surface area contributed by atoms with Gasteiger partial charge in [0.15, 0.2) is 0 Å². The molecule has 0 aliphatic carbocycles. The highest BCUT2D eigenvalue weighted by Gasteiger charge is 2.33. The smallest absolute Gasteiger partial charge is 0.433 e. The minimum absolute atomic E-state index is 0.0328. The zero-order chi connectivity index (χ0) is 13.9. The topological polar surface area (TPSA) is 48.1 Å². The second kappa shape index (κ2) is 5.46. The van der Waals surface area contributed by atoms with E-state index in [0.29, 0.717) is 5.92 Å². The number of nitrogens with zero attached hydrogens (tertiary/aromatic N) is 1. The molecule has 1 aromatic rings. The Morgan fingerprint density at radius 2 is 1.94 bits per heavy atom. The molecular weight excluding hydrogens is 245 g/mol. The summed E-state index contributed by atoms with van der Waals surface area (Å²) >= 11 is 0. The molecule has 0 spiro atoms. The van der Waals surface area contributed by atoms with Crippen molar-refractivity contribution in [1.82, 2.24) is 4.98 Å². The molecule has 6 heteroatoms. The van der Waals surface area contributed by atoms with E-state index >= 15 is 0 Å². The molecule has 2 N–H and O–H groups in total. The van der Waals surface area contributed by atoms with E-state index in [1.807, 2.05) is 13.8 Å². The molecule has 0 amide bonds. The zero-order valence-corrected chi connectivity index (χ0v) is 10.6. The van der Waals surface area contributed by atoms with Crippen LogP contribution in [-0.2, 0) is 6.18 Å². The average molecular weight is 262 g/mol. The fourth-order valence-corrected chi connectivity index (χ4v) is 1.63. The van der Waals surface area contributed by atoms with Crippen LogP contribution >= 0.6 is 0 Å². The number of alkyl halides is 3. The van der Waals surface area contributed by atoms with Gasteiger partial charge in [-0.15, -0.1) is 0 Å². The molecule has 0 aliphatic heterocycles. The lowest BCUT2D eigenvalue weighted by Gasteiger charge is -2.18. The predicted molar refractivity (Wildman–Crippen MR) is 63.2 cm³/mol. The van der Waals surface area contributed by atoms with Crippen molar-refractivity contribution < 1.29 is 17.9 Å². The van der Waals surface area contributed by atoms with E-state index in [9.17, 15) is 13.2 Å². The summed E-state index contributed by atoms with van der Waals surface area (Å²) in [6, 6.07) is 0.839. The highest BCUT2D eigenvalue weighted by atomic mass is 19.4. The second-order valence-corrected chi connectivity index (χ2v) is 4.66. The van der Waals surface area contributed by atoms with Crippen molar-refractivity contribution in [2.45, 2.75) is 39.5 Å². The number of halogens is 3. The molecular formula is C12H17F3N2O. The number of nitrogen functional groups attached to an aromatic ring is 1. The Morgan fingerprint density at radius 3 is 2.44 bits per heavy atom. The van der Waals surface area contributed by atoms with Gasteiger partial charge in [-0.1, -0.05) is 13.8 Å². The highest BCUT2D eigenvalue weighted by Crippen LogP contribution is 2.32. The Kier molecular flexibility index (Phi) is 4.43. The van der Waals surface area contributed by atoms with Crippen molar-refractivity contribution in [3.05, 3.63) is 18.0 Å². The van der Waals surface area contributed by atoms with Crippen molar-refractivity contribution in [3.8, 4) is 5.75 Å². The molecule has 3 nitrogen and oxygen atoms in total. The largest absolute Gasteiger partial charge is 0.488 e. The van der Waals surface area contributed by atoms with Crippen LogP contribution in [0.25, 0.3) is 0 Å². The summed E-state index contributed by atoms with van der Waals surface area (Å²) < 4.78 is 42.9. The van der Waals surface area contributed by atoms with Crippen molar-refractivity contribution >= 4 is 5.69 Å². The fourth-order valence-electron chi connectivity index (χ4n) is 1.63. The van der Waals surface area contributed by atoms with Gasteiger partial charge in [-0.05, 0) is 19.3 Å². The molecule has 0 aromatic carbocycles. The van der Waals surface area contributed by atoms with Gasteiger partial charge in [0.1, 0.15) is 11.4 Å². The van der Waals surface area contributed by atoms with Gasteiger partial charge in [-0.25, -0.2) is 4.98 Å². The Bertz CT molecular complexity index is 405. The van der Waals surface area contributed by atoms with Crippen LogP contribution in [0.3, 0.4) is 0 Å². The van der Waals surface area contributed by atoms with Gasteiger partial charge in [0.05, 0.1) is 18.0 Å². The van der Waals surface area contributed by atoms with Gasteiger partial charge in [-0.2, -0.15) is 13.2 Å². The minimum atomic E-state index is -4.49. The summed E-state index contributed by atoms with van der Waals surface area (Å²) in [5, 5.41) is 0. The van der Waals surface area contributed by atoms with Crippen LogP contribution in [0.15, 0.2) is 12.3 Å². The predicted octanol–water partition coefficient (Wildman–Crippen LogP) is 3.50. The normalized spacial score (nSPS) is 13.7. The van der Waals surface area contributed by atoms with Gasteiger partial charge < -0.3 is 10.5 Å². The number of aromatic nitrogens is 1. The molecule has 1 rings (SSSR count). The summed E-state index contributed by atoms with van der Waals surface area (Å²) in [6.07, 6.45) is -2.98. The maximum atomic E-state index is 12.5. The lowest BCUT2D eigenvalue weighted by atomic mass is 10.1. The van der Waals surface area contributed by atoms with Crippen molar-refractivity contribution in [2.24, 2.45) is 5.92 Å². The molecule has 0 aliphatic rings. The standard InChI is InChI=1S/C12H17F3N2O/c1-7(2)4-8(3)18-10-5-11(12(13,14)15)17-6-9(10)16/h5-8H,4,16H2,1-3H3. The van der Waals surface area contributed by atoms with E-state index in [2.05, 4.69) is 4.98 Å². The number of ether oxygens (including phenoxy) is 1. The molecule has 0 saturated carbocycles. The molecule has 1 unspecified atom stereocenters.